The summed E-state index contributed by atoms with van der Waals surface area (Å²) in [6.45, 7) is -1.07. The molecule has 0 unspecified atom stereocenters. The van der Waals surface area contributed by atoms with Gasteiger partial charge in [0.25, 0.3) is 5.56 Å². The van der Waals surface area contributed by atoms with E-state index in [2.05, 4.69) is 10.3 Å². The first kappa shape index (κ1) is 14.6. The van der Waals surface area contributed by atoms with Gasteiger partial charge in [-0.3, -0.25) is 14.2 Å². The van der Waals surface area contributed by atoms with Gasteiger partial charge in [-0.05, 0) is 37.0 Å². The number of nitrogens with zero attached hydrogens (tertiary/aromatic N) is 2. The Hall–Kier alpha value is -2.31. The lowest BCUT2D eigenvalue weighted by molar-refractivity contribution is -0.117. The minimum Gasteiger partial charge on any atom is -0.310 e. The molecule has 7 heteroatoms. The Balaban J connectivity index is 2.10. The van der Waals surface area contributed by atoms with Crippen molar-refractivity contribution in [3.8, 4) is 0 Å². The van der Waals surface area contributed by atoms with Crippen molar-refractivity contribution in [3.63, 3.8) is 0 Å². The maximum Gasteiger partial charge on any atom is 0.321 e. The summed E-state index contributed by atoms with van der Waals surface area (Å²) in [6, 6.07) is 2.95. The highest BCUT2D eigenvalue weighted by Gasteiger charge is 2.30. The molecule has 3 rings (SSSR count). The molecule has 0 aliphatic heterocycles. The summed E-state index contributed by atoms with van der Waals surface area (Å²) >= 11 is 0. The summed E-state index contributed by atoms with van der Waals surface area (Å²) in [5, 5.41) is 2.90. The number of pyridine rings is 2. The van der Waals surface area contributed by atoms with E-state index in [1.165, 1.54) is 6.07 Å². The molecular formula is C15H15F2N3O2. The van der Waals surface area contributed by atoms with Gasteiger partial charge in [0.05, 0.1) is 10.9 Å². The van der Waals surface area contributed by atoms with E-state index in [9.17, 15) is 18.4 Å². The maximum absolute atomic E-state index is 12.8. The van der Waals surface area contributed by atoms with Crippen LogP contribution in [0, 0.1) is 5.92 Å². The molecule has 0 bridgehead atoms. The first-order chi connectivity index (χ1) is 10.5. The smallest absolute Gasteiger partial charge is 0.310 e. The number of halogens is 2. The fourth-order valence-electron chi connectivity index (χ4n) is 2.41. The molecule has 2 heterocycles. The van der Waals surface area contributed by atoms with Gasteiger partial charge in [0.2, 0.25) is 5.91 Å². The summed E-state index contributed by atoms with van der Waals surface area (Å²) in [7, 11) is 0. The molecule has 0 atom stereocenters. The first-order valence-corrected chi connectivity index (χ1v) is 7.15. The predicted molar refractivity (Wildman–Crippen MR) is 78.0 cm³/mol. The van der Waals surface area contributed by atoms with Crippen molar-refractivity contribution in [1.82, 2.24) is 9.55 Å². The van der Waals surface area contributed by atoms with Crippen LogP contribution in [0.3, 0.4) is 0 Å². The monoisotopic (exact) mass is 307 g/mol. The molecular weight excluding hydrogens is 292 g/mol. The third-order valence-electron chi connectivity index (χ3n) is 3.76. The van der Waals surface area contributed by atoms with Gasteiger partial charge in [0.1, 0.15) is 5.82 Å². The Labute approximate surface area is 125 Å². The Morgan fingerprint density at radius 3 is 2.82 bits per heavy atom. The summed E-state index contributed by atoms with van der Waals surface area (Å²) < 4.78 is 26.0. The fraction of sp³-hybridized carbons (Fsp3) is 0.400. The zero-order valence-electron chi connectivity index (χ0n) is 12.0. The Morgan fingerprint density at radius 2 is 2.23 bits per heavy atom. The highest BCUT2D eigenvalue weighted by Crippen LogP contribution is 2.30. The number of fused-ring (bicyclic) bond motifs is 1. The lowest BCUT2D eigenvalue weighted by Crippen LogP contribution is -2.22. The maximum atomic E-state index is 12.8. The van der Waals surface area contributed by atoms with Crippen molar-refractivity contribution >= 4 is 22.6 Å². The number of alkyl halides is 2. The molecule has 0 aromatic carbocycles. The molecule has 22 heavy (non-hydrogen) atoms. The van der Waals surface area contributed by atoms with Crippen LogP contribution >= 0.6 is 0 Å². The number of aryl methyl sites for hydroxylation is 1. The van der Waals surface area contributed by atoms with E-state index >= 15 is 0 Å². The molecule has 1 aliphatic carbocycles. The molecule has 0 saturated heterocycles. The molecule has 116 valence electrons. The Kier molecular flexibility index (Phi) is 3.64. The van der Waals surface area contributed by atoms with Crippen molar-refractivity contribution in [2.45, 2.75) is 32.7 Å². The van der Waals surface area contributed by atoms with Gasteiger partial charge in [-0.1, -0.05) is 6.92 Å². The normalized spacial score (nSPS) is 14.5. The number of hydrogen-bond donors (Lipinski definition) is 1. The van der Waals surface area contributed by atoms with Crippen LogP contribution in [0.5, 0.6) is 0 Å². The molecule has 1 fully saturated rings. The minimum absolute atomic E-state index is 0.0365. The van der Waals surface area contributed by atoms with Crippen LogP contribution in [-0.2, 0) is 11.2 Å². The largest absolute Gasteiger partial charge is 0.321 e. The van der Waals surface area contributed by atoms with E-state index in [1.54, 1.807) is 6.07 Å². The average molecular weight is 307 g/mol. The van der Waals surface area contributed by atoms with Gasteiger partial charge in [-0.2, -0.15) is 8.78 Å². The molecule has 2 aromatic rings. The lowest BCUT2D eigenvalue weighted by Gasteiger charge is -2.11. The van der Waals surface area contributed by atoms with Crippen LogP contribution in [0.2, 0.25) is 0 Å². The summed E-state index contributed by atoms with van der Waals surface area (Å²) in [6.07, 6.45) is 3.25. The minimum atomic E-state index is -2.89. The number of carbonyl (C=O) groups is 1. The molecule has 1 N–H and O–H groups in total. The first-order valence-electron chi connectivity index (χ1n) is 7.15. The highest BCUT2D eigenvalue weighted by atomic mass is 19.3. The number of aromatic nitrogens is 2. The van der Waals surface area contributed by atoms with Crippen molar-refractivity contribution in [2.24, 2.45) is 5.92 Å². The lowest BCUT2D eigenvalue weighted by atomic mass is 10.1. The third kappa shape index (κ3) is 2.58. The Morgan fingerprint density at radius 1 is 1.50 bits per heavy atom. The molecule has 1 saturated carbocycles. The van der Waals surface area contributed by atoms with Crippen molar-refractivity contribution in [1.29, 1.82) is 0 Å². The van der Waals surface area contributed by atoms with Crippen molar-refractivity contribution in [3.05, 3.63) is 34.2 Å². The van der Waals surface area contributed by atoms with Crippen LogP contribution in [0.15, 0.2) is 23.1 Å². The molecule has 1 aliphatic rings. The second-order valence-electron chi connectivity index (χ2n) is 5.35. The quantitative estimate of drug-likeness (QED) is 0.944. The second kappa shape index (κ2) is 5.47. The van der Waals surface area contributed by atoms with Gasteiger partial charge in [0.15, 0.2) is 0 Å². The molecule has 0 radical (unpaired) electrons. The number of carbonyl (C=O) groups excluding carboxylic acids is 1. The summed E-state index contributed by atoms with van der Waals surface area (Å²) in [5.74, 6) is 0.305. The van der Waals surface area contributed by atoms with Crippen LogP contribution < -0.4 is 10.9 Å². The van der Waals surface area contributed by atoms with Gasteiger partial charge in [0, 0.05) is 12.1 Å². The second-order valence-corrected chi connectivity index (χ2v) is 5.35. The average Bonchev–Trinajstić information content (AvgIpc) is 3.30. The van der Waals surface area contributed by atoms with E-state index in [4.69, 9.17) is 0 Å². The van der Waals surface area contributed by atoms with Gasteiger partial charge >= 0.3 is 6.55 Å². The van der Waals surface area contributed by atoms with Crippen LogP contribution in [0.1, 0.15) is 31.9 Å². The van der Waals surface area contributed by atoms with Crippen LogP contribution in [-0.4, -0.2) is 15.5 Å². The van der Waals surface area contributed by atoms with Crippen LogP contribution in [0.4, 0.5) is 14.6 Å². The fourth-order valence-corrected chi connectivity index (χ4v) is 2.41. The number of anilines is 1. The number of hydrogen-bond acceptors (Lipinski definition) is 3. The van der Waals surface area contributed by atoms with Gasteiger partial charge in [-0.25, -0.2) is 4.98 Å². The van der Waals surface area contributed by atoms with Crippen molar-refractivity contribution in [2.75, 3.05) is 5.32 Å². The summed E-state index contributed by atoms with van der Waals surface area (Å²) in [4.78, 5) is 28.2. The topological polar surface area (TPSA) is 64.0 Å². The standard InChI is InChI=1S/C15H15F2N3O2/c1-2-8-7-11(19-13(21)9-3-4-9)18-10-5-6-20(15(16)17)14(22)12(8)10/h5-7,9,15H,2-4H2,1H3,(H,18,19,21). The van der Waals surface area contributed by atoms with E-state index in [0.29, 0.717) is 27.9 Å². The zero-order valence-corrected chi connectivity index (χ0v) is 12.0. The van der Waals surface area contributed by atoms with E-state index in [1.807, 2.05) is 6.92 Å². The SMILES string of the molecule is CCc1cc(NC(=O)C2CC2)nc2ccn(C(F)F)c(=O)c12. The molecule has 0 spiro atoms. The molecule has 1 amide bonds. The molecule has 2 aromatic heterocycles. The highest BCUT2D eigenvalue weighted by molar-refractivity contribution is 5.94. The van der Waals surface area contributed by atoms with Crippen LogP contribution in [0.25, 0.3) is 10.9 Å². The third-order valence-corrected chi connectivity index (χ3v) is 3.76. The molecule has 5 nitrogen and oxygen atoms in total. The Bertz CT molecular complexity index is 797. The number of nitrogens with one attached hydrogen (secondary N) is 1. The number of rotatable bonds is 4. The van der Waals surface area contributed by atoms with Gasteiger partial charge in [-0.15, -0.1) is 0 Å². The number of amides is 1. The predicted octanol–water partition coefficient (Wildman–Crippen LogP) is 2.70. The van der Waals surface area contributed by atoms with E-state index < -0.39 is 12.1 Å². The van der Waals surface area contributed by atoms with E-state index in [0.717, 1.165) is 19.0 Å². The zero-order chi connectivity index (χ0) is 15.9. The van der Waals surface area contributed by atoms with E-state index in [-0.39, 0.29) is 17.2 Å². The summed E-state index contributed by atoms with van der Waals surface area (Å²) in [5.41, 5.74) is 0.139. The van der Waals surface area contributed by atoms with Gasteiger partial charge < -0.3 is 5.32 Å². The van der Waals surface area contributed by atoms with Crippen molar-refractivity contribution < 1.29 is 13.6 Å².